The average molecular weight is 529 g/mol. The summed E-state index contributed by atoms with van der Waals surface area (Å²) >= 11 is 0. The van der Waals surface area contributed by atoms with Crippen LogP contribution in [0, 0.1) is 0 Å². The van der Waals surface area contributed by atoms with Gasteiger partial charge in [0.05, 0.1) is 13.2 Å². The maximum Gasteiger partial charge on any atom is 0.229 e. The molecule has 1 aliphatic rings. The molecule has 202 valence electrons. The third-order valence-corrected chi connectivity index (χ3v) is 7.02. The van der Waals surface area contributed by atoms with E-state index in [4.69, 9.17) is 14.2 Å². The first kappa shape index (κ1) is 27.0. The summed E-state index contributed by atoms with van der Waals surface area (Å²) in [6, 6.07) is 37.5. The third kappa shape index (κ3) is 5.60. The first-order chi connectivity index (χ1) is 19.0. The Morgan fingerprint density at radius 3 is 1.56 bits per heavy atom. The normalized spacial score (nSPS) is 23.3. The second-order valence-corrected chi connectivity index (χ2v) is 9.53. The number of rotatable bonds is 9. The van der Waals surface area contributed by atoms with Crippen molar-refractivity contribution in [1.29, 1.82) is 0 Å². The quantitative estimate of drug-likeness (QED) is 0.247. The number of aliphatic hydroxyl groups is 4. The summed E-state index contributed by atoms with van der Waals surface area (Å²) < 4.78 is 18.0. The summed E-state index contributed by atoms with van der Waals surface area (Å²) in [5.41, 5.74) is 3.05. The highest BCUT2D eigenvalue weighted by atomic mass is 16.7. The first-order valence-corrected chi connectivity index (χ1v) is 12.9. The minimum atomic E-state index is -1.50. The van der Waals surface area contributed by atoms with Crippen LogP contribution in [-0.2, 0) is 21.7 Å². The molecule has 0 radical (unpaired) electrons. The first-order valence-electron chi connectivity index (χ1n) is 12.9. The molecule has 1 saturated heterocycles. The molecule has 5 atom stereocenters. The maximum atomic E-state index is 10.3. The van der Waals surface area contributed by atoms with Crippen LogP contribution >= 0.6 is 0 Å². The minimum Gasteiger partial charge on any atom is -0.462 e. The summed E-state index contributed by atoms with van der Waals surface area (Å²) in [4.78, 5) is 0. The molecule has 1 aliphatic heterocycles. The molecule has 0 spiro atoms. The van der Waals surface area contributed by atoms with Gasteiger partial charge in [0.15, 0.2) is 0 Å². The molecule has 7 heteroatoms. The largest absolute Gasteiger partial charge is 0.462 e. The Bertz CT molecular complexity index is 1200. The van der Waals surface area contributed by atoms with E-state index in [9.17, 15) is 20.4 Å². The Kier molecular flexibility index (Phi) is 8.38. The molecule has 4 N–H and O–H groups in total. The van der Waals surface area contributed by atoms with Crippen LogP contribution < -0.4 is 4.74 Å². The van der Waals surface area contributed by atoms with Crippen molar-refractivity contribution in [2.45, 2.75) is 42.9 Å². The molecular formula is C32H32O7. The fraction of sp³-hybridized carbons (Fsp3) is 0.250. The molecule has 1 heterocycles. The highest BCUT2D eigenvalue weighted by molar-refractivity contribution is 5.47. The second-order valence-electron chi connectivity index (χ2n) is 9.53. The lowest BCUT2D eigenvalue weighted by Gasteiger charge is -2.39. The molecule has 0 aliphatic carbocycles. The molecule has 0 saturated carbocycles. The predicted octanol–water partition coefficient (Wildman–Crippen LogP) is 3.37. The van der Waals surface area contributed by atoms with Crippen LogP contribution in [0.1, 0.15) is 22.3 Å². The van der Waals surface area contributed by atoms with Gasteiger partial charge in [-0.15, -0.1) is 0 Å². The van der Waals surface area contributed by atoms with E-state index in [-0.39, 0.29) is 0 Å². The van der Waals surface area contributed by atoms with Gasteiger partial charge in [-0.1, -0.05) is 103 Å². The lowest BCUT2D eigenvalue weighted by molar-refractivity contribution is -0.277. The van der Waals surface area contributed by atoms with Gasteiger partial charge in [0.2, 0.25) is 6.29 Å². The van der Waals surface area contributed by atoms with Crippen LogP contribution in [0.25, 0.3) is 0 Å². The van der Waals surface area contributed by atoms with E-state index in [2.05, 4.69) is 36.4 Å². The van der Waals surface area contributed by atoms with Crippen LogP contribution in [0.2, 0.25) is 0 Å². The summed E-state index contributed by atoms with van der Waals surface area (Å²) in [5, 5.41) is 39.7. The van der Waals surface area contributed by atoms with E-state index < -0.39 is 42.9 Å². The van der Waals surface area contributed by atoms with E-state index in [1.165, 1.54) is 0 Å². The van der Waals surface area contributed by atoms with Crippen LogP contribution in [-0.4, -0.2) is 57.7 Å². The van der Waals surface area contributed by atoms with Gasteiger partial charge in [-0.25, -0.2) is 0 Å². The standard InChI is InChI=1S/C32H32O7/c33-20-27-28(34)29(35)30(36)31(39-27)38-26-18-16-22(17-19-26)21-37-32(23-10-4-1-5-11-23,24-12-6-2-7-13-24)25-14-8-3-9-15-25/h1-19,27-31,33-36H,20-21H2/t27?,28-,29?,30+,31+/m0/s1. The van der Waals surface area contributed by atoms with Crippen molar-refractivity contribution in [2.75, 3.05) is 6.61 Å². The van der Waals surface area contributed by atoms with Crippen LogP contribution in [0.15, 0.2) is 115 Å². The average Bonchev–Trinajstić information content (AvgIpc) is 3.00. The molecular weight excluding hydrogens is 496 g/mol. The molecule has 0 bridgehead atoms. The Morgan fingerprint density at radius 1 is 0.615 bits per heavy atom. The molecule has 0 aromatic heterocycles. The summed E-state index contributed by atoms with van der Waals surface area (Å²) in [7, 11) is 0. The van der Waals surface area contributed by atoms with Crippen molar-refractivity contribution in [3.8, 4) is 5.75 Å². The number of aliphatic hydroxyl groups excluding tert-OH is 4. The van der Waals surface area contributed by atoms with Crippen LogP contribution in [0.5, 0.6) is 5.75 Å². The van der Waals surface area contributed by atoms with E-state index in [0.717, 1.165) is 22.3 Å². The summed E-state index contributed by atoms with van der Waals surface area (Å²) in [6.45, 7) is -0.230. The maximum absolute atomic E-state index is 10.3. The zero-order valence-electron chi connectivity index (χ0n) is 21.3. The van der Waals surface area contributed by atoms with Gasteiger partial charge in [-0.2, -0.15) is 0 Å². The Labute approximate surface area is 227 Å². The Balaban J connectivity index is 1.39. The molecule has 7 nitrogen and oxygen atoms in total. The third-order valence-electron chi connectivity index (χ3n) is 7.02. The Morgan fingerprint density at radius 2 is 1.10 bits per heavy atom. The van der Waals surface area contributed by atoms with E-state index in [1.54, 1.807) is 12.1 Å². The lowest BCUT2D eigenvalue weighted by atomic mass is 9.80. The van der Waals surface area contributed by atoms with Gasteiger partial charge < -0.3 is 34.6 Å². The zero-order chi connectivity index (χ0) is 27.2. The van der Waals surface area contributed by atoms with Crippen molar-refractivity contribution in [2.24, 2.45) is 0 Å². The van der Waals surface area contributed by atoms with E-state index in [0.29, 0.717) is 12.4 Å². The number of ether oxygens (including phenoxy) is 3. The van der Waals surface area contributed by atoms with Crippen molar-refractivity contribution in [1.82, 2.24) is 0 Å². The predicted molar refractivity (Wildman–Crippen MR) is 145 cm³/mol. The number of hydrogen-bond acceptors (Lipinski definition) is 7. The highest BCUT2D eigenvalue weighted by Gasteiger charge is 2.44. The second kappa shape index (κ2) is 12.1. The SMILES string of the molecule is OCC1O[C@@H](Oc2ccc(COC(c3ccccc3)(c3ccccc3)c3ccccc3)cc2)[C@H](O)C(O)[C@H]1O. The minimum absolute atomic E-state index is 0.291. The van der Waals surface area contributed by atoms with Gasteiger partial charge in [0.1, 0.15) is 35.8 Å². The fourth-order valence-corrected chi connectivity index (χ4v) is 4.92. The van der Waals surface area contributed by atoms with Gasteiger partial charge in [-0.3, -0.25) is 0 Å². The molecule has 0 amide bonds. The van der Waals surface area contributed by atoms with Gasteiger partial charge in [0.25, 0.3) is 0 Å². The summed E-state index contributed by atoms with van der Waals surface area (Å²) in [6.07, 6.45) is -6.71. The summed E-state index contributed by atoms with van der Waals surface area (Å²) in [5.74, 6) is 0.392. The van der Waals surface area contributed by atoms with Crippen molar-refractivity contribution in [3.63, 3.8) is 0 Å². The Hall–Kier alpha value is -3.56. The highest BCUT2D eigenvalue weighted by Crippen LogP contribution is 2.41. The van der Waals surface area contributed by atoms with Gasteiger partial charge in [0, 0.05) is 0 Å². The smallest absolute Gasteiger partial charge is 0.229 e. The van der Waals surface area contributed by atoms with E-state index >= 15 is 0 Å². The van der Waals surface area contributed by atoms with Crippen molar-refractivity contribution >= 4 is 0 Å². The van der Waals surface area contributed by atoms with Crippen molar-refractivity contribution in [3.05, 3.63) is 138 Å². The molecule has 39 heavy (non-hydrogen) atoms. The van der Waals surface area contributed by atoms with Crippen LogP contribution in [0.4, 0.5) is 0 Å². The molecule has 1 fully saturated rings. The topological polar surface area (TPSA) is 109 Å². The monoisotopic (exact) mass is 528 g/mol. The van der Waals surface area contributed by atoms with Gasteiger partial charge in [-0.05, 0) is 34.4 Å². The number of hydrogen-bond donors (Lipinski definition) is 4. The fourth-order valence-electron chi connectivity index (χ4n) is 4.92. The number of benzene rings is 4. The molecule has 2 unspecified atom stereocenters. The van der Waals surface area contributed by atoms with E-state index in [1.807, 2.05) is 66.7 Å². The molecule has 4 aromatic rings. The zero-order valence-corrected chi connectivity index (χ0v) is 21.3. The van der Waals surface area contributed by atoms with Crippen LogP contribution in [0.3, 0.4) is 0 Å². The molecule has 4 aromatic carbocycles. The van der Waals surface area contributed by atoms with Gasteiger partial charge >= 0.3 is 0 Å². The lowest BCUT2D eigenvalue weighted by Crippen LogP contribution is -2.60. The van der Waals surface area contributed by atoms with Crippen molar-refractivity contribution < 1.29 is 34.6 Å². The molecule has 5 rings (SSSR count).